The van der Waals surface area contributed by atoms with Crippen LogP contribution in [-0.4, -0.2) is 131 Å². The summed E-state index contributed by atoms with van der Waals surface area (Å²) >= 11 is 0. The van der Waals surface area contributed by atoms with Crippen LogP contribution in [0.2, 0.25) is 0 Å². The number of carboxylic acid groups (broad SMARTS) is 1. The van der Waals surface area contributed by atoms with Gasteiger partial charge in [0.15, 0.2) is 5.96 Å². The Hall–Kier alpha value is -6.61. The molecule has 0 unspecified atom stereocenters. The molecule has 0 radical (unpaired) electrons. The summed E-state index contributed by atoms with van der Waals surface area (Å²) in [6.07, 6.45) is 3.24. The van der Waals surface area contributed by atoms with E-state index in [-0.39, 0.29) is 68.8 Å². The van der Waals surface area contributed by atoms with Crippen molar-refractivity contribution in [1.82, 2.24) is 36.8 Å². The molecule has 2 aromatic carbocycles. The number of hydrogen-bond acceptors (Lipinski definition) is 11. The standard InChI is InChI=1S/C50H78N12O9/c1-30(2)26-37(58-42(63)32(5)56-47(68)41-22-15-25-62(41)48(69)35(52)20-12-13-23-51)44(65)59-39(29-34-18-10-7-11-19-34)46(67)60-38(28-33-16-8-6-9-17-33)45(66)57-36(21-14-24-55-50(53)54)43(64)61-40(49(70)71)27-31(3)4/h6-11,16-19,30-32,35-41H,12-15,20-29,51-52H2,1-5H3,(H,56,68)(H,57,66)(H,58,63)(H,59,65)(H,60,67)(H,61,64)(H,70,71)(H4,53,54,55)/t32-,35-,36-,37-,38-,39-,40-,41-/m0/s1. The molecule has 3 rings (SSSR count). The molecule has 7 amide bonds. The number of unbranched alkanes of at least 4 members (excludes halogenated alkanes) is 1. The van der Waals surface area contributed by atoms with Gasteiger partial charge in [-0.2, -0.15) is 0 Å². The van der Waals surface area contributed by atoms with Gasteiger partial charge in [0.1, 0.15) is 42.3 Å². The number of likely N-dealkylation sites (tertiary alicyclic amines) is 1. The van der Waals surface area contributed by atoms with Crippen LogP contribution in [-0.2, 0) is 51.2 Å². The number of aliphatic carboxylic acids is 1. The lowest BCUT2D eigenvalue weighted by Gasteiger charge is -2.29. The van der Waals surface area contributed by atoms with Gasteiger partial charge in [0.25, 0.3) is 0 Å². The quantitative estimate of drug-likeness (QED) is 0.0281. The van der Waals surface area contributed by atoms with E-state index in [1.165, 1.54) is 11.8 Å². The Balaban J connectivity index is 1.88. The first-order valence-corrected chi connectivity index (χ1v) is 24.6. The normalized spacial score (nSPS) is 16.3. The molecule has 0 aromatic heterocycles. The Morgan fingerprint density at radius 3 is 1.62 bits per heavy atom. The molecule has 71 heavy (non-hydrogen) atoms. The lowest BCUT2D eigenvalue weighted by molar-refractivity contribution is -0.143. The van der Waals surface area contributed by atoms with Gasteiger partial charge in [-0.15, -0.1) is 0 Å². The lowest BCUT2D eigenvalue weighted by atomic mass is 9.99. The molecule has 0 saturated carbocycles. The van der Waals surface area contributed by atoms with Crippen molar-refractivity contribution < 1.29 is 43.5 Å². The van der Waals surface area contributed by atoms with Crippen molar-refractivity contribution in [3.63, 3.8) is 0 Å². The third-order valence-corrected chi connectivity index (χ3v) is 11.9. The van der Waals surface area contributed by atoms with Gasteiger partial charge < -0.3 is 64.8 Å². The number of nitrogens with zero attached hydrogens (tertiary/aromatic N) is 2. The summed E-state index contributed by atoms with van der Waals surface area (Å²) in [4.78, 5) is 115. The van der Waals surface area contributed by atoms with Crippen molar-refractivity contribution in [2.24, 2.45) is 39.8 Å². The SMILES string of the molecule is CC(C)C[C@H](NC(=O)[C@H](CCCN=C(N)N)NC(=O)[C@H](Cc1ccccc1)NC(=O)[C@H](Cc1ccccc1)NC(=O)[C@H](CC(C)C)NC(=O)[C@H](C)NC(=O)[C@@H]1CCCN1C(=O)[C@@H](N)CCCCN)C(=O)O. The smallest absolute Gasteiger partial charge is 0.326 e. The van der Waals surface area contributed by atoms with Crippen molar-refractivity contribution >= 4 is 53.3 Å². The highest BCUT2D eigenvalue weighted by molar-refractivity contribution is 5.97. The number of benzene rings is 2. The molecule has 2 aromatic rings. The molecule has 15 N–H and O–H groups in total. The van der Waals surface area contributed by atoms with Crippen molar-refractivity contribution in [3.8, 4) is 0 Å². The maximum Gasteiger partial charge on any atom is 0.326 e. The number of aliphatic imine (C=N–C) groups is 1. The summed E-state index contributed by atoms with van der Waals surface area (Å²) in [5, 5.41) is 26.2. The Kier molecular flexibility index (Phi) is 25.0. The van der Waals surface area contributed by atoms with Gasteiger partial charge in [-0.1, -0.05) is 94.8 Å². The first kappa shape index (κ1) is 58.7. The summed E-state index contributed by atoms with van der Waals surface area (Å²) in [7, 11) is 0. The van der Waals surface area contributed by atoms with Crippen molar-refractivity contribution in [3.05, 3.63) is 71.8 Å². The molecule has 1 aliphatic heterocycles. The third kappa shape index (κ3) is 20.7. The van der Waals surface area contributed by atoms with Crippen molar-refractivity contribution in [1.29, 1.82) is 0 Å². The number of carboxylic acids is 1. The Bertz CT molecular complexity index is 2090. The minimum absolute atomic E-state index is 0.00962. The molecule has 1 fully saturated rings. The number of carbonyl (C=O) groups is 8. The number of guanidine groups is 1. The monoisotopic (exact) mass is 991 g/mol. The van der Waals surface area contributed by atoms with Gasteiger partial charge in [-0.3, -0.25) is 38.6 Å². The van der Waals surface area contributed by atoms with Crippen molar-refractivity contribution in [2.75, 3.05) is 19.6 Å². The van der Waals surface area contributed by atoms with Gasteiger partial charge in [0, 0.05) is 25.9 Å². The molecule has 0 spiro atoms. The maximum atomic E-state index is 14.5. The first-order valence-electron chi connectivity index (χ1n) is 24.6. The molecule has 8 atom stereocenters. The fraction of sp³-hybridized carbons (Fsp3) is 0.580. The zero-order valence-electron chi connectivity index (χ0n) is 41.9. The van der Waals surface area contributed by atoms with E-state index in [0.29, 0.717) is 49.9 Å². The Labute approximate surface area is 417 Å². The Morgan fingerprint density at radius 1 is 0.634 bits per heavy atom. The van der Waals surface area contributed by atoms with Crippen LogP contribution in [0, 0.1) is 11.8 Å². The topological polar surface area (TPSA) is 349 Å². The van der Waals surface area contributed by atoms with Gasteiger partial charge in [-0.05, 0) is 87.8 Å². The minimum Gasteiger partial charge on any atom is -0.480 e. The molecule has 0 bridgehead atoms. The van der Waals surface area contributed by atoms with Crippen LogP contribution in [0.5, 0.6) is 0 Å². The van der Waals surface area contributed by atoms with Crippen LogP contribution in [0.3, 0.4) is 0 Å². The molecular weight excluding hydrogens is 913 g/mol. The average Bonchev–Trinajstić information content (AvgIpc) is 3.82. The van der Waals surface area contributed by atoms with Gasteiger partial charge in [-0.25, -0.2) is 4.79 Å². The highest BCUT2D eigenvalue weighted by Crippen LogP contribution is 2.20. The molecule has 392 valence electrons. The molecule has 21 heteroatoms. The molecule has 1 heterocycles. The predicted molar refractivity (Wildman–Crippen MR) is 270 cm³/mol. The Morgan fingerprint density at radius 2 is 1.11 bits per heavy atom. The summed E-state index contributed by atoms with van der Waals surface area (Å²) in [5.41, 5.74) is 24.1. The van der Waals surface area contributed by atoms with E-state index in [1.807, 2.05) is 27.7 Å². The zero-order chi connectivity index (χ0) is 52.6. The fourth-order valence-electron chi connectivity index (χ4n) is 8.20. The predicted octanol–water partition coefficient (Wildman–Crippen LogP) is 0.0782. The second kappa shape index (κ2) is 30.2. The van der Waals surface area contributed by atoms with E-state index < -0.39 is 89.7 Å². The summed E-state index contributed by atoms with van der Waals surface area (Å²) in [6, 6.07) is 8.66. The fourth-order valence-corrected chi connectivity index (χ4v) is 8.20. The second-order valence-corrected chi connectivity index (χ2v) is 19.0. The minimum atomic E-state index is -1.31. The van der Waals surface area contributed by atoms with Gasteiger partial charge in [0.2, 0.25) is 41.4 Å². The molecule has 1 aliphatic rings. The number of hydrogen-bond donors (Lipinski definition) is 11. The number of nitrogens with two attached hydrogens (primary N) is 4. The van der Waals surface area contributed by atoms with E-state index in [0.717, 1.165) is 6.42 Å². The maximum absolute atomic E-state index is 14.5. The lowest BCUT2D eigenvalue weighted by Crippen LogP contribution is -2.60. The van der Waals surface area contributed by atoms with Crippen LogP contribution in [0.4, 0.5) is 0 Å². The van der Waals surface area contributed by atoms with Gasteiger partial charge in [0.05, 0.1) is 6.04 Å². The molecule has 21 nitrogen and oxygen atoms in total. The van der Waals surface area contributed by atoms with Crippen LogP contribution in [0.25, 0.3) is 0 Å². The largest absolute Gasteiger partial charge is 0.480 e. The van der Waals surface area contributed by atoms with Crippen LogP contribution < -0.4 is 54.8 Å². The van der Waals surface area contributed by atoms with E-state index in [4.69, 9.17) is 22.9 Å². The molecular formula is C50H78N12O9. The van der Waals surface area contributed by atoms with Crippen LogP contribution in [0.15, 0.2) is 65.7 Å². The van der Waals surface area contributed by atoms with Crippen LogP contribution in [0.1, 0.15) is 104 Å². The molecule has 0 aliphatic carbocycles. The second-order valence-electron chi connectivity index (χ2n) is 19.0. The third-order valence-electron chi connectivity index (χ3n) is 11.9. The highest BCUT2D eigenvalue weighted by Gasteiger charge is 2.38. The number of amides is 7. The summed E-state index contributed by atoms with van der Waals surface area (Å²) in [5.74, 6) is -6.13. The number of carbonyl (C=O) groups excluding carboxylic acids is 7. The van der Waals surface area contributed by atoms with E-state index in [9.17, 15) is 43.5 Å². The van der Waals surface area contributed by atoms with Gasteiger partial charge >= 0.3 is 5.97 Å². The zero-order valence-corrected chi connectivity index (χ0v) is 41.9. The van der Waals surface area contributed by atoms with Crippen molar-refractivity contribution in [2.45, 2.75) is 154 Å². The summed E-state index contributed by atoms with van der Waals surface area (Å²) in [6.45, 7) is 9.73. The summed E-state index contributed by atoms with van der Waals surface area (Å²) < 4.78 is 0. The highest BCUT2D eigenvalue weighted by atomic mass is 16.4. The number of nitrogens with one attached hydrogen (secondary N) is 6. The first-order chi connectivity index (χ1) is 33.7. The van der Waals surface area contributed by atoms with E-state index >= 15 is 0 Å². The average molecular weight is 991 g/mol. The molecule has 1 saturated heterocycles. The van der Waals surface area contributed by atoms with Crippen LogP contribution >= 0.6 is 0 Å². The number of rotatable bonds is 30. The van der Waals surface area contributed by atoms with E-state index in [1.54, 1.807) is 60.7 Å². The van der Waals surface area contributed by atoms with E-state index in [2.05, 4.69) is 36.9 Å².